The highest BCUT2D eigenvalue weighted by Gasteiger charge is 2.14. The largest absolute Gasteiger partial charge is 0.491 e. The Morgan fingerprint density at radius 1 is 1.10 bits per heavy atom. The van der Waals surface area contributed by atoms with Gasteiger partial charge in [-0.1, -0.05) is 12.1 Å². The topological polar surface area (TPSA) is 69.0 Å². The number of nitrogens with one attached hydrogen (secondary N) is 1. The average Bonchev–Trinajstić information content (AvgIpc) is 3.07. The molecule has 4 rings (SSSR count). The minimum atomic E-state index is -1.44. The molecule has 0 aliphatic heterocycles. The van der Waals surface area contributed by atoms with E-state index in [0.717, 1.165) is 27.9 Å². The molecule has 2 heterocycles. The van der Waals surface area contributed by atoms with Crippen molar-refractivity contribution in [3.05, 3.63) is 72.7 Å². The Morgan fingerprint density at radius 2 is 1.90 bits per heavy atom. The molecule has 7 heteroatoms. The van der Waals surface area contributed by atoms with Crippen LogP contribution in [0.3, 0.4) is 0 Å². The summed E-state index contributed by atoms with van der Waals surface area (Å²) in [6, 6.07) is 17.1. The second-order valence-electron chi connectivity index (χ2n) is 6.97. The Hall–Kier alpha value is -3.19. The summed E-state index contributed by atoms with van der Waals surface area (Å²) in [7, 11) is -1.44. The van der Waals surface area contributed by atoms with E-state index in [1.54, 1.807) is 23.0 Å². The normalized spacial score (nSPS) is 12.3. The lowest BCUT2D eigenvalue weighted by atomic mass is 10.1. The number of aryl methyl sites for hydroxylation is 1. The fourth-order valence-electron chi connectivity index (χ4n) is 3.11. The quantitative estimate of drug-likeness (QED) is 0.506. The van der Waals surface area contributed by atoms with Crippen LogP contribution in [-0.2, 0) is 11.0 Å². The maximum Gasteiger partial charge on any atom is 0.151 e. The molecule has 0 saturated heterocycles. The summed E-state index contributed by atoms with van der Waals surface area (Å²) in [6.45, 7) is 5.86. The first kappa shape index (κ1) is 19.1. The van der Waals surface area contributed by atoms with E-state index in [9.17, 15) is 4.21 Å². The number of nitrogens with zero attached hydrogens (tertiary/aromatic N) is 3. The van der Waals surface area contributed by atoms with Crippen molar-refractivity contribution in [2.45, 2.75) is 31.8 Å². The van der Waals surface area contributed by atoms with Gasteiger partial charge in [-0.2, -0.15) is 5.10 Å². The third-order valence-electron chi connectivity index (χ3n) is 4.32. The summed E-state index contributed by atoms with van der Waals surface area (Å²) in [4.78, 5) is 4.84. The molecule has 1 N–H and O–H groups in total. The maximum atomic E-state index is 12.9. The van der Waals surface area contributed by atoms with E-state index in [1.165, 1.54) is 0 Å². The van der Waals surface area contributed by atoms with Crippen molar-refractivity contribution in [1.82, 2.24) is 14.8 Å². The number of pyridine rings is 1. The molecule has 2 aromatic heterocycles. The molecule has 0 radical (unpaired) electrons. The van der Waals surface area contributed by atoms with Crippen molar-refractivity contribution in [1.29, 1.82) is 0 Å². The SMILES string of the molecule is Cc1cc(NS(=O)c2ccc(OC(C)C)cc2)n(-c2cccc3cnccc23)n1. The zero-order chi connectivity index (χ0) is 20.4. The highest BCUT2D eigenvalue weighted by atomic mass is 32.2. The van der Waals surface area contributed by atoms with E-state index >= 15 is 0 Å². The molecule has 6 nitrogen and oxygen atoms in total. The fourth-order valence-corrected chi connectivity index (χ4v) is 3.95. The summed E-state index contributed by atoms with van der Waals surface area (Å²) in [5, 5.41) is 6.65. The fraction of sp³-hybridized carbons (Fsp3) is 0.182. The molecule has 0 fully saturated rings. The van der Waals surface area contributed by atoms with E-state index in [0.29, 0.717) is 10.7 Å². The molecular formula is C22H22N4O2S. The standard InChI is InChI=1S/C22H22N4O2S/c1-15(2)28-18-7-9-19(10-8-18)29(27)25-22-13-16(3)24-26(22)21-6-4-5-17-14-23-12-11-20(17)21/h4-15,25H,1-3H3. The van der Waals surface area contributed by atoms with Crippen LogP contribution >= 0.6 is 0 Å². The molecular weight excluding hydrogens is 384 g/mol. The van der Waals surface area contributed by atoms with Crippen LogP contribution in [0.25, 0.3) is 16.5 Å². The van der Waals surface area contributed by atoms with Crippen molar-refractivity contribution in [3.63, 3.8) is 0 Å². The summed E-state index contributed by atoms with van der Waals surface area (Å²) in [5.41, 5.74) is 1.73. The van der Waals surface area contributed by atoms with Gasteiger partial charge in [0.05, 0.1) is 22.4 Å². The predicted octanol–water partition coefficient (Wildman–Crippen LogP) is 4.65. The maximum absolute atomic E-state index is 12.9. The molecule has 4 aromatic rings. The third-order valence-corrected chi connectivity index (χ3v) is 5.42. The van der Waals surface area contributed by atoms with Gasteiger partial charge < -0.3 is 4.74 Å². The number of ether oxygens (including phenoxy) is 1. The smallest absolute Gasteiger partial charge is 0.151 e. The number of fused-ring (bicyclic) bond motifs is 1. The van der Waals surface area contributed by atoms with Crippen LogP contribution in [0.2, 0.25) is 0 Å². The van der Waals surface area contributed by atoms with Gasteiger partial charge in [0.1, 0.15) is 11.6 Å². The van der Waals surface area contributed by atoms with Crippen LogP contribution < -0.4 is 9.46 Å². The Kier molecular flexibility index (Phi) is 5.31. The van der Waals surface area contributed by atoms with E-state index in [2.05, 4.69) is 14.8 Å². The van der Waals surface area contributed by atoms with Crippen LogP contribution in [0, 0.1) is 6.92 Å². The van der Waals surface area contributed by atoms with Crippen LogP contribution in [0.1, 0.15) is 19.5 Å². The lowest BCUT2D eigenvalue weighted by Crippen LogP contribution is -2.10. The summed E-state index contributed by atoms with van der Waals surface area (Å²) in [6.07, 6.45) is 3.67. The van der Waals surface area contributed by atoms with E-state index in [1.807, 2.05) is 69.4 Å². The van der Waals surface area contributed by atoms with Gasteiger partial charge in [-0.25, -0.2) is 8.89 Å². The van der Waals surface area contributed by atoms with Crippen molar-refractivity contribution in [3.8, 4) is 11.4 Å². The first-order valence-electron chi connectivity index (χ1n) is 9.36. The molecule has 0 spiro atoms. The van der Waals surface area contributed by atoms with Crippen molar-refractivity contribution < 1.29 is 8.95 Å². The molecule has 148 valence electrons. The number of anilines is 1. The number of hydrogen-bond acceptors (Lipinski definition) is 4. The number of benzene rings is 2. The lowest BCUT2D eigenvalue weighted by molar-refractivity contribution is 0.242. The number of aromatic nitrogens is 3. The van der Waals surface area contributed by atoms with Crippen LogP contribution in [-0.4, -0.2) is 25.1 Å². The first-order chi connectivity index (χ1) is 14.0. The Balaban J connectivity index is 1.64. The van der Waals surface area contributed by atoms with Crippen LogP contribution in [0.15, 0.2) is 71.9 Å². The van der Waals surface area contributed by atoms with Crippen LogP contribution in [0.5, 0.6) is 5.75 Å². The molecule has 0 bridgehead atoms. The van der Waals surface area contributed by atoms with E-state index < -0.39 is 11.0 Å². The molecule has 1 unspecified atom stereocenters. The molecule has 0 aliphatic carbocycles. The Labute approximate surface area is 172 Å². The van der Waals surface area contributed by atoms with Crippen molar-refractivity contribution in [2.75, 3.05) is 4.72 Å². The average molecular weight is 407 g/mol. The molecule has 0 amide bonds. The number of hydrogen-bond donors (Lipinski definition) is 1. The highest BCUT2D eigenvalue weighted by molar-refractivity contribution is 7.86. The molecule has 0 saturated carbocycles. The zero-order valence-corrected chi connectivity index (χ0v) is 17.3. The van der Waals surface area contributed by atoms with Gasteiger partial charge in [0.2, 0.25) is 0 Å². The zero-order valence-electron chi connectivity index (χ0n) is 16.5. The van der Waals surface area contributed by atoms with E-state index in [-0.39, 0.29) is 6.10 Å². The van der Waals surface area contributed by atoms with Crippen molar-refractivity contribution >= 4 is 27.6 Å². The summed E-state index contributed by atoms with van der Waals surface area (Å²) >= 11 is 0. The minimum Gasteiger partial charge on any atom is -0.491 e. The van der Waals surface area contributed by atoms with Gasteiger partial charge in [0.15, 0.2) is 11.0 Å². The summed E-state index contributed by atoms with van der Waals surface area (Å²) < 4.78 is 23.4. The molecule has 2 aromatic carbocycles. The van der Waals surface area contributed by atoms with Gasteiger partial charge in [-0.3, -0.25) is 9.71 Å². The highest BCUT2D eigenvalue weighted by Crippen LogP contribution is 2.26. The van der Waals surface area contributed by atoms with Gasteiger partial charge in [-0.15, -0.1) is 0 Å². The van der Waals surface area contributed by atoms with E-state index in [4.69, 9.17) is 4.74 Å². The Bertz CT molecular complexity index is 1160. The van der Waals surface area contributed by atoms with Gasteiger partial charge >= 0.3 is 0 Å². The molecule has 0 aliphatic rings. The molecule has 29 heavy (non-hydrogen) atoms. The van der Waals surface area contributed by atoms with Gasteiger partial charge in [-0.05, 0) is 57.2 Å². The first-order valence-corrected chi connectivity index (χ1v) is 10.5. The second-order valence-corrected chi connectivity index (χ2v) is 8.18. The monoisotopic (exact) mass is 406 g/mol. The van der Waals surface area contributed by atoms with Gasteiger partial charge in [0.25, 0.3) is 0 Å². The van der Waals surface area contributed by atoms with Crippen LogP contribution in [0.4, 0.5) is 5.82 Å². The minimum absolute atomic E-state index is 0.0951. The predicted molar refractivity (Wildman–Crippen MR) is 116 cm³/mol. The molecule has 1 atom stereocenters. The number of rotatable bonds is 6. The lowest BCUT2D eigenvalue weighted by Gasteiger charge is -2.12. The Morgan fingerprint density at radius 3 is 2.66 bits per heavy atom. The van der Waals surface area contributed by atoms with Gasteiger partial charge in [0, 0.05) is 29.2 Å². The summed E-state index contributed by atoms with van der Waals surface area (Å²) in [5.74, 6) is 1.42. The van der Waals surface area contributed by atoms with Crippen molar-refractivity contribution in [2.24, 2.45) is 0 Å². The second kappa shape index (κ2) is 8.05. The third kappa shape index (κ3) is 4.14.